The average Bonchev–Trinajstić information content (AvgIpc) is 2.51. The van der Waals surface area contributed by atoms with E-state index >= 15 is 0 Å². The Morgan fingerprint density at radius 2 is 1.70 bits per heavy atom. The van der Waals surface area contributed by atoms with Crippen molar-refractivity contribution in [2.45, 2.75) is 53.9 Å². The number of nitrogens with zero attached hydrogens (tertiary/aromatic N) is 1. The first kappa shape index (κ1) is 19.2. The number of methoxy groups -OCH3 is 1. The summed E-state index contributed by atoms with van der Waals surface area (Å²) in [7, 11) is 1.39. The van der Waals surface area contributed by atoms with E-state index in [0.29, 0.717) is 17.4 Å². The van der Waals surface area contributed by atoms with Crippen molar-refractivity contribution in [2.75, 3.05) is 7.11 Å². The molecule has 0 aromatic heterocycles. The second kappa shape index (κ2) is 7.17. The molecule has 3 heteroatoms. The van der Waals surface area contributed by atoms with Gasteiger partial charge in [0.05, 0.1) is 24.2 Å². The zero-order valence-corrected chi connectivity index (χ0v) is 15.4. The summed E-state index contributed by atoms with van der Waals surface area (Å²) in [6.07, 6.45) is 0.919. The second-order valence-corrected chi connectivity index (χ2v) is 7.79. The van der Waals surface area contributed by atoms with E-state index < -0.39 is 5.41 Å². The zero-order chi connectivity index (χ0) is 17.8. The highest BCUT2D eigenvalue weighted by Crippen LogP contribution is 2.46. The standard InChI is InChI=1S/C20H29NO2/c1-14(2)17(12-19(3,4)20(5,6)13-21)15-8-10-16(11-9-15)18(22)23-7/h8-11,14,17H,12H2,1-7H3. The highest BCUT2D eigenvalue weighted by molar-refractivity contribution is 5.89. The summed E-state index contributed by atoms with van der Waals surface area (Å²) in [5.74, 6) is 0.473. The molecule has 126 valence electrons. The van der Waals surface area contributed by atoms with Crippen LogP contribution in [0.15, 0.2) is 24.3 Å². The van der Waals surface area contributed by atoms with Crippen molar-refractivity contribution < 1.29 is 9.53 Å². The number of hydrogen-bond donors (Lipinski definition) is 0. The van der Waals surface area contributed by atoms with Crippen molar-refractivity contribution in [3.63, 3.8) is 0 Å². The predicted molar refractivity (Wildman–Crippen MR) is 93.2 cm³/mol. The average molecular weight is 315 g/mol. The Bertz CT molecular complexity index is 577. The van der Waals surface area contributed by atoms with Crippen LogP contribution in [0.2, 0.25) is 0 Å². The van der Waals surface area contributed by atoms with E-state index in [0.717, 1.165) is 6.42 Å². The summed E-state index contributed by atoms with van der Waals surface area (Å²) < 4.78 is 4.75. The van der Waals surface area contributed by atoms with E-state index in [1.54, 1.807) is 0 Å². The largest absolute Gasteiger partial charge is 0.465 e. The molecule has 1 aromatic rings. The topological polar surface area (TPSA) is 50.1 Å². The molecule has 1 rings (SSSR count). The fourth-order valence-corrected chi connectivity index (χ4v) is 2.68. The summed E-state index contributed by atoms with van der Waals surface area (Å²) in [4.78, 5) is 11.6. The molecule has 0 radical (unpaired) electrons. The molecule has 0 heterocycles. The lowest BCUT2D eigenvalue weighted by molar-refractivity contribution is 0.0600. The van der Waals surface area contributed by atoms with Crippen LogP contribution in [0.1, 0.15) is 69.8 Å². The van der Waals surface area contributed by atoms with E-state index in [2.05, 4.69) is 33.8 Å². The molecule has 23 heavy (non-hydrogen) atoms. The molecule has 1 aromatic carbocycles. The normalized spacial score (nSPS) is 13.5. The number of esters is 1. The molecule has 3 nitrogen and oxygen atoms in total. The van der Waals surface area contributed by atoms with Gasteiger partial charge in [-0.2, -0.15) is 5.26 Å². The summed E-state index contributed by atoms with van der Waals surface area (Å²) in [5.41, 5.74) is 1.26. The van der Waals surface area contributed by atoms with Gasteiger partial charge in [-0.05, 0) is 55.2 Å². The fourth-order valence-electron chi connectivity index (χ4n) is 2.68. The van der Waals surface area contributed by atoms with E-state index in [9.17, 15) is 10.1 Å². The first-order valence-corrected chi connectivity index (χ1v) is 8.15. The molecule has 0 bridgehead atoms. The molecule has 0 fully saturated rings. The SMILES string of the molecule is COC(=O)c1ccc(C(CC(C)(C)C(C)(C)C#N)C(C)C)cc1. The maximum Gasteiger partial charge on any atom is 0.337 e. The van der Waals surface area contributed by atoms with Crippen molar-refractivity contribution >= 4 is 5.97 Å². The monoisotopic (exact) mass is 315 g/mol. The van der Waals surface area contributed by atoms with Crippen LogP contribution in [0, 0.1) is 28.1 Å². The van der Waals surface area contributed by atoms with Crippen LogP contribution in [-0.4, -0.2) is 13.1 Å². The molecule has 0 amide bonds. The van der Waals surface area contributed by atoms with Gasteiger partial charge in [0.25, 0.3) is 0 Å². The highest BCUT2D eigenvalue weighted by atomic mass is 16.5. The van der Waals surface area contributed by atoms with Crippen molar-refractivity contribution in [3.05, 3.63) is 35.4 Å². The van der Waals surface area contributed by atoms with E-state index in [1.807, 2.05) is 38.1 Å². The maximum absolute atomic E-state index is 11.6. The quantitative estimate of drug-likeness (QED) is 0.680. The lowest BCUT2D eigenvalue weighted by atomic mass is 9.62. The van der Waals surface area contributed by atoms with Crippen molar-refractivity contribution in [1.82, 2.24) is 0 Å². The van der Waals surface area contributed by atoms with E-state index in [-0.39, 0.29) is 11.4 Å². The van der Waals surface area contributed by atoms with Crippen LogP contribution in [0.25, 0.3) is 0 Å². The third kappa shape index (κ3) is 4.34. The van der Waals surface area contributed by atoms with Gasteiger partial charge < -0.3 is 4.74 Å². The Hall–Kier alpha value is -1.82. The first-order valence-electron chi connectivity index (χ1n) is 8.15. The zero-order valence-electron chi connectivity index (χ0n) is 15.4. The Kier molecular flexibility index (Phi) is 5.99. The minimum absolute atomic E-state index is 0.113. The molecule has 1 atom stereocenters. The van der Waals surface area contributed by atoms with Crippen LogP contribution in [0.3, 0.4) is 0 Å². The molecule has 0 aliphatic rings. The predicted octanol–water partition coefficient (Wildman–Crippen LogP) is 5.18. The van der Waals surface area contributed by atoms with Gasteiger partial charge in [0.1, 0.15) is 0 Å². The first-order chi connectivity index (χ1) is 10.6. The smallest absolute Gasteiger partial charge is 0.337 e. The lowest BCUT2D eigenvalue weighted by Gasteiger charge is -2.40. The minimum Gasteiger partial charge on any atom is -0.465 e. The van der Waals surface area contributed by atoms with Crippen LogP contribution >= 0.6 is 0 Å². The molecule has 1 unspecified atom stereocenters. The summed E-state index contributed by atoms with van der Waals surface area (Å²) >= 11 is 0. The van der Waals surface area contributed by atoms with Gasteiger partial charge >= 0.3 is 5.97 Å². The molecule has 0 spiro atoms. The number of benzene rings is 1. The lowest BCUT2D eigenvalue weighted by Crippen LogP contribution is -2.33. The molecular weight excluding hydrogens is 286 g/mol. The Labute approximate surface area is 140 Å². The molecule has 0 saturated carbocycles. The number of rotatable bonds is 6. The van der Waals surface area contributed by atoms with Gasteiger partial charge in [-0.1, -0.05) is 39.8 Å². The number of ether oxygens (including phenoxy) is 1. The van der Waals surface area contributed by atoms with Crippen LogP contribution < -0.4 is 0 Å². The second-order valence-electron chi connectivity index (χ2n) is 7.79. The summed E-state index contributed by atoms with van der Waals surface area (Å²) in [6, 6.07) is 10.1. The molecular formula is C20H29NO2. The van der Waals surface area contributed by atoms with Gasteiger partial charge in [0.2, 0.25) is 0 Å². The maximum atomic E-state index is 11.6. The van der Waals surface area contributed by atoms with Crippen LogP contribution in [-0.2, 0) is 4.74 Å². The summed E-state index contributed by atoms with van der Waals surface area (Å²) in [6.45, 7) is 12.7. The Morgan fingerprint density at radius 3 is 2.09 bits per heavy atom. The number of nitriles is 1. The molecule has 0 N–H and O–H groups in total. The van der Waals surface area contributed by atoms with Crippen molar-refractivity contribution in [1.29, 1.82) is 5.26 Å². The summed E-state index contributed by atoms with van der Waals surface area (Å²) in [5, 5.41) is 9.47. The highest BCUT2D eigenvalue weighted by Gasteiger charge is 2.39. The van der Waals surface area contributed by atoms with E-state index in [4.69, 9.17) is 4.74 Å². The van der Waals surface area contributed by atoms with Crippen molar-refractivity contribution in [3.8, 4) is 6.07 Å². The molecule has 0 aliphatic carbocycles. The number of carbonyl (C=O) groups excluding carboxylic acids is 1. The van der Waals surface area contributed by atoms with Crippen LogP contribution in [0.5, 0.6) is 0 Å². The minimum atomic E-state index is -0.397. The fraction of sp³-hybridized carbons (Fsp3) is 0.600. The molecule has 0 aliphatic heterocycles. The number of carbonyl (C=O) groups is 1. The van der Waals surface area contributed by atoms with Gasteiger partial charge in [0, 0.05) is 0 Å². The third-order valence-electron chi connectivity index (χ3n) is 5.27. The Morgan fingerprint density at radius 1 is 1.17 bits per heavy atom. The van der Waals surface area contributed by atoms with Gasteiger partial charge in [-0.25, -0.2) is 4.79 Å². The van der Waals surface area contributed by atoms with Gasteiger partial charge in [-0.15, -0.1) is 0 Å². The Balaban J connectivity index is 3.09. The third-order valence-corrected chi connectivity index (χ3v) is 5.27. The van der Waals surface area contributed by atoms with Gasteiger partial charge in [0.15, 0.2) is 0 Å². The van der Waals surface area contributed by atoms with E-state index in [1.165, 1.54) is 12.7 Å². The van der Waals surface area contributed by atoms with Crippen LogP contribution in [0.4, 0.5) is 0 Å². The molecule has 0 saturated heterocycles. The van der Waals surface area contributed by atoms with Gasteiger partial charge in [-0.3, -0.25) is 0 Å². The van der Waals surface area contributed by atoms with Crippen molar-refractivity contribution in [2.24, 2.45) is 16.7 Å². The number of hydrogen-bond acceptors (Lipinski definition) is 3.